The second-order valence-corrected chi connectivity index (χ2v) is 21.6. The molecule has 0 aromatic carbocycles. The summed E-state index contributed by atoms with van der Waals surface area (Å²) in [4.78, 5) is 46.3. The summed E-state index contributed by atoms with van der Waals surface area (Å²) in [5, 5.41) is 8.94. The number of aliphatic carboxylic acids is 1. The van der Waals surface area contributed by atoms with Gasteiger partial charge >= 0.3 is 25.7 Å². The molecule has 0 saturated carbocycles. The molecule has 0 fully saturated rings. The van der Waals surface area contributed by atoms with E-state index in [0.29, 0.717) is 12.8 Å². The molecule has 68 heavy (non-hydrogen) atoms. The van der Waals surface area contributed by atoms with Crippen molar-refractivity contribution in [2.75, 3.05) is 19.8 Å². The van der Waals surface area contributed by atoms with Gasteiger partial charge in [0.15, 0.2) is 6.10 Å². The third-order valence-corrected chi connectivity index (χ3v) is 14.3. The Balaban J connectivity index is 4.10. The number of hydrogen-bond donors (Lipinski definition) is 3. The summed E-state index contributed by atoms with van der Waals surface area (Å²) in [5.74, 6) is -2.34. The van der Waals surface area contributed by atoms with Crippen molar-refractivity contribution in [1.29, 1.82) is 0 Å². The largest absolute Gasteiger partial charge is 0.480 e. The zero-order valence-electron chi connectivity index (χ0n) is 44.5. The fourth-order valence-electron chi connectivity index (χ4n) is 8.84. The molecule has 0 bridgehead atoms. The number of nitrogens with two attached hydrogens (primary N) is 1. The minimum absolute atomic E-state index is 0.170. The van der Waals surface area contributed by atoms with E-state index >= 15 is 0 Å². The first-order valence-electron chi connectivity index (χ1n) is 29.1. The summed E-state index contributed by atoms with van der Waals surface area (Å²) in [6.07, 6.45) is 56.0. The van der Waals surface area contributed by atoms with Crippen LogP contribution in [-0.2, 0) is 37.5 Å². The van der Waals surface area contributed by atoms with Crippen molar-refractivity contribution in [3.05, 3.63) is 0 Å². The van der Waals surface area contributed by atoms with E-state index in [1.165, 1.54) is 231 Å². The molecule has 4 N–H and O–H groups in total. The van der Waals surface area contributed by atoms with Crippen molar-refractivity contribution in [2.24, 2.45) is 5.73 Å². The number of phosphoric acid groups is 1. The highest BCUT2D eigenvalue weighted by Crippen LogP contribution is 2.43. The molecule has 0 saturated heterocycles. The lowest BCUT2D eigenvalue weighted by atomic mass is 10.0. The molecule has 0 aromatic rings. The monoisotopic (exact) mass is 988 g/mol. The maximum atomic E-state index is 12.7. The number of carboxylic acids is 1. The summed E-state index contributed by atoms with van der Waals surface area (Å²) in [6, 6.07) is -1.52. The van der Waals surface area contributed by atoms with E-state index in [1.54, 1.807) is 0 Å². The van der Waals surface area contributed by atoms with Gasteiger partial charge in [-0.1, -0.05) is 284 Å². The molecule has 3 unspecified atom stereocenters. The van der Waals surface area contributed by atoms with Gasteiger partial charge in [-0.2, -0.15) is 0 Å². The maximum absolute atomic E-state index is 12.7. The van der Waals surface area contributed by atoms with Gasteiger partial charge in [-0.25, -0.2) is 4.57 Å². The topological polar surface area (TPSA) is 172 Å². The summed E-state index contributed by atoms with van der Waals surface area (Å²) in [5.41, 5.74) is 5.37. The van der Waals surface area contributed by atoms with Gasteiger partial charge in [0.2, 0.25) is 0 Å². The average molecular weight is 988 g/mol. The lowest BCUT2D eigenvalue weighted by Crippen LogP contribution is -2.34. The fourth-order valence-corrected chi connectivity index (χ4v) is 9.61. The van der Waals surface area contributed by atoms with Gasteiger partial charge in [0, 0.05) is 12.8 Å². The van der Waals surface area contributed by atoms with E-state index in [4.69, 9.17) is 29.4 Å². The van der Waals surface area contributed by atoms with Crippen molar-refractivity contribution in [3.63, 3.8) is 0 Å². The second kappa shape index (κ2) is 51.8. The van der Waals surface area contributed by atoms with Gasteiger partial charge in [-0.05, 0) is 12.8 Å². The predicted octanol–water partition coefficient (Wildman–Crippen LogP) is 17.0. The first-order valence-corrected chi connectivity index (χ1v) is 30.6. The molecule has 3 atom stereocenters. The van der Waals surface area contributed by atoms with Crippen LogP contribution in [0.5, 0.6) is 0 Å². The number of phosphoric ester groups is 1. The van der Waals surface area contributed by atoms with Crippen LogP contribution in [0.1, 0.15) is 309 Å². The lowest BCUT2D eigenvalue weighted by molar-refractivity contribution is -0.161. The number of ether oxygens (including phenoxy) is 2. The van der Waals surface area contributed by atoms with Crippen molar-refractivity contribution in [1.82, 2.24) is 0 Å². The SMILES string of the molecule is CCCCCCCCCCCCCCCCCCCCCCCCCC(=O)OC(COC(=O)CCCCCCCCCCCCCCCCCCCCCCC)COP(=O)(O)OCC(N)C(=O)O. The summed E-state index contributed by atoms with van der Waals surface area (Å²) in [6.45, 7) is 2.89. The highest BCUT2D eigenvalue weighted by molar-refractivity contribution is 7.47. The average Bonchev–Trinajstić information content (AvgIpc) is 3.32. The Kier molecular flexibility index (Phi) is 50.7. The van der Waals surface area contributed by atoms with Crippen molar-refractivity contribution in [2.45, 2.75) is 321 Å². The Morgan fingerprint density at radius 2 is 0.647 bits per heavy atom. The number of hydrogen-bond acceptors (Lipinski definition) is 9. The van der Waals surface area contributed by atoms with Gasteiger partial charge in [0.1, 0.15) is 12.6 Å². The van der Waals surface area contributed by atoms with Gasteiger partial charge in [-0.3, -0.25) is 23.4 Å². The van der Waals surface area contributed by atoms with Crippen molar-refractivity contribution >= 4 is 25.7 Å². The zero-order chi connectivity index (χ0) is 49.9. The molecule has 0 radical (unpaired) electrons. The van der Waals surface area contributed by atoms with Crippen LogP contribution in [0, 0.1) is 0 Å². The third-order valence-electron chi connectivity index (χ3n) is 13.4. The number of esters is 2. The molecule has 0 spiro atoms. The molecule has 11 nitrogen and oxygen atoms in total. The normalized spacial score (nSPS) is 13.4. The molecular formula is C56H110NO10P. The number of carbonyl (C=O) groups excluding carboxylic acids is 2. The molecule has 12 heteroatoms. The van der Waals surface area contributed by atoms with Crippen LogP contribution in [0.25, 0.3) is 0 Å². The summed E-state index contributed by atoms with van der Waals surface area (Å²) < 4.78 is 33.0. The van der Waals surface area contributed by atoms with Crippen LogP contribution < -0.4 is 5.73 Å². The van der Waals surface area contributed by atoms with Crippen LogP contribution in [0.15, 0.2) is 0 Å². The Hall–Kier alpha value is -1.52. The minimum Gasteiger partial charge on any atom is -0.480 e. The van der Waals surface area contributed by atoms with E-state index in [-0.39, 0.29) is 19.4 Å². The summed E-state index contributed by atoms with van der Waals surface area (Å²) >= 11 is 0. The number of rotatable bonds is 56. The quantitative estimate of drug-likeness (QED) is 0.0301. The van der Waals surface area contributed by atoms with E-state index in [2.05, 4.69) is 13.8 Å². The Bertz CT molecular complexity index is 1160. The first-order chi connectivity index (χ1) is 33.1. The maximum Gasteiger partial charge on any atom is 0.472 e. The number of unbranched alkanes of at least 4 members (excludes halogenated alkanes) is 42. The predicted molar refractivity (Wildman–Crippen MR) is 282 cm³/mol. The molecule has 0 aliphatic carbocycles. The van der Waals surface area contributed by atoms with E-state index in [1.807, 2.05) is 0 Å². The van der Waals surface area contributed by atoms with Crippen molar-refractivity contribution in [3.8, 4) is 0 Å². The van der Waals surface area contributed by atoms with Gasteiger partial charge in [0.25, 0.3) is 0 Å². The standard InChI is InChI=1S/C56H110NO10P/c1-3-5-7-9-11-13-15-17-19-21-23-25-26-28-30-32-34-36-38-40-42-44-46-48-55(59)67-52(50-65-68(62,63)66-51-53(57)56(60)61)49-64-54(58)47-45-43-41-39-37-35-33-31-29-27-24-22-20-18-16-14-12-10-8-6-4-2/h52-53H,3-51,57H2,1-2H3,(H,60,61)(H,62,63). The van der Waals surface area contributed by atoms with Crippen molar-refractivity contribution < 1.29 is 47.5 Å². The smallest absolute Gasteiger partial charge is 0.472 e. The molecule has 0 rings (SSSR count). The second-order valence-electron chi connectivity index (χ2n) is 20.1. The van der Waals surface area contributed by atoms with E-state index in [0.717, 1.165) is 38.5 Å². The molecule has 404 valence electrons. The van der Waals surface area contributed by atoms with Crippen LogP contribution in [0.3, 0.4) is 0 Å². The first kappa shape index (κ1) is 66.5. The number of carboxylic acid groups (broad SMARTS) is 1. The van der Waals surface area contributed by atoms with Crippen LogP contribution in [0.4, 0.5) is 0 Å². The van der Waals surface area contributed by atoms with Gasteiger partial charge in [-0.15, -0.1) is 0 Å². The zero-order valence-corrected chi connectivity index (χ0v) is 45.4. The van der Waals surface area contributed by atoms with E-state index < -0.39 is 51.1 Å². The highest BCUT2D eigenvalue weighted by Gasteiger charge is 2.28. The lowest BCUT2D eigenvalue weighted by Gasteiger charge is -2.20. The third kappa shape index (κ3) is 50.9. The molecule has 0 aliphatic heterocycles. The van der Waals surface area contributed by atoms with Crippen LogP contribution in [-0.4, -0.2) is 59.9 Å². The molecule has 0 amide bonds. The molecule has 0 aliphatic rings. The highest BCUT2D eigenvalue weighted by atomic mass is 31.2. The van der Waals surface area contributed by atoms with Gasteiger partial charge in [0.05, 0.1) is 13.2 Å². The fraction of sp³-hybridized carbons (Fsp3) is 0.946. The van der Waals surface area contributed by atoms with E-state index in [9.17, 15) is 23.8 Å². The Morgan fingerprint density at radius 1 is 0.397 bits per heavy atom. The summed E-state index contributed by atoms with van der Waals surface area (Å²) in [7, 11) is -4.72. The molecular weight excluding hydrogens is 878 g/mol. The van der Waals surface area contributed by atoms with Gasteiger partial charge < -0.3 is 25.2 Å². The number of carbonyl (C=O) groups is 3. The molecule has 0 aromatic heterocycles. The molecule has 0 heterocycles. The minimum atomic E-state index is -4.72. The van der Waals surface area contributed by atoms with Crippen LogP contribution in [0.2, 0.25) is 0 Å². The van der Waals surface area contributed by atoms with Crippen LogP contribution >= 0.6 is 7.82 Å². The Morgan fingerprint density at radius 3 is 0.926 bits per heavy atom. The Labute approximate surface area is 418 Å².